The zero-order valence-corrected chi connectivity index (χ0v) is 9.63. The third kappa shape index (κ3) is 3.46. The van der Waals surface area contributed by atoms with Gasteiger partial charge in [0.05, 0.1) is 13.2 Å². The van der Waals surface area contributed by atoms with Gasteiger partial charge in [-0.1, -0.05) is 0 Å². The predicted molar refractivity (Wildman–Crippen MR) is 59.0 cm³/mol. The SMILES string of the molecule is CNc1nc(N(CCO)CC(F)F)c(F)cc1F. The highest BCUT2D eigenvalue weighted by molar-refractivity contribution is 5.49. The highest BCUT2D eigenvalue weighted by Gasteiger charge is 2.19. The number of nitrogens with zero attached hydrogens (tertiary/aromatic N) is 2. The van der Waals surface area contributed by atoms with E-state index in [9.17, 15) is 17.6 Å². The van der Waals surface area contributed by atoms with Crippen molar-refractivity contribution < 1.29 is 22.7 Å². The van der Waals surface area contributed by atoms with Gasteiger partial charge in [-0.15, -0.1) is 0 Å². The fourth-order valence-electron chi connectivity index (χ4n) is 1.42. The Kier molecular flexibility index (Phi) is 5.14. The average Bonchev–Trinajstić information content (AvgIpc) is 2.28. The van der Waals surface area contributed by atoms with Crippen LogP contribution in [0.25, 0.3) is 0 Å². The molecule has 0 radical (unpaired) electrons. The predicted octanol–water partition coefficient (Wildman–Crippen LogP) is 1.47. The Morgan fingerprint density at radius 3 is 2.56 bits per heavy atom. The third-order valence-electron chi connectivity index (χ3n) is 2.18. The Morgan fingerprint density at radius 2 is 2.06 bits per heavy atom. The van der Waals surface area contributed by atoms with Crippen LogP contribution >= 0.6 is 0 Å². The molecule has 0 aliphatic heterocycles. The van der Waals surface area contributed by atoms with Gasteiger partial charge in [0.15, 0.2) is 23.3 Å². The van der Waals surface area contributed by atoms with E-state index in [0.29, 0.717) is 6.07 Å². The van der Waals surface area contributed by atoms with E-state index in [1.165, 1.54) is 7.05 Å². The van der Waals surface area contributed by atoms with Crippen molar-refractivity contribution in [3.63, 3.8) is 0 Å². The number of hydrogen-bond donors (Lipinski definition) is 2. The Labute approximate surface area is 101 Å². The molecule has 0 fully saturated rings. The molecule has 0 saturated heterocycles. The van der Waals surface area contributed by atoms with E-state index in [1.54, 1.807) is 0 Å². The van der Waals surface area contributed by atoms with Crippen LogP contribution in [0.4, 0.5) is 29.2 Å². The molecular formula is C10H13F4N3O. The van der Waals surface area contributed by atoms with Crippen molar-refractivity contribution in [3.8, 4) is 0 Å². The first-order valence-electron chi connectivity index (χ1n) is 5.17. The van der Waals surface area contributed by atoms with Gasteiger partial charge in [0.2, 0.25) is 0 Å². The molecule has 0 bridgehead atoms. The molecule has 1 heterocycles. The summed E-state index contributed by atoms with van der Waals surface area (Å²) in [5.74, 6) is -2.64. The Balaban J connectivity index is 3.10. The highest BCUT2D eigenvalue weighted by Crippen LogP contribution is 2.22. The average molecular weight is 267 g/mol. The van der Waals surface area contributed by atoms with Crippen LogP contribution in [0.5, 0.6) is 0 Å². The lowest BCUT2D eigenvalue weighted by molar-refractivity contribution is 0.152. The van der Waals surface area contributed by atoms with Gasteiger partial charge >= 0.3 is 0 Å². The lowest BCUT2D eigenvalue weighted by Gasteiger charge is -2.23. The molecule has 0 amide bonds. The zero-order chi connectivity index (χ0) is 13.7. The van der Waals surface area contributed by atoms with Crippen molar-refractivity contribution in [3.05, 3.63) is 17.7 Å². The van der Waals surface area contributed by atoms with Crippen molar-refractivity contribution in [2.24, 2.45) is 0 Å². The van der Waals surface area contributed by atoms with Crippen LogP contribution in [0.3, 0.4) is 0 Å². The molecule has 102 valence electrons. The second-order valence-corrected chi connectivity index (χ2v) is 3.43. The van der Waals surface area contributed by atoms with Crippen molar-refractivity contribution in [2.75, 3.05) is 37.0 Å². The normalized spacial score (nSPS) is 10.8. The fourth-order valence-corrected chi connectivity index (χ4v) is 1.42. The summed E-state index contributed by atoms with van der Waals surface area (Å²) < 4.78 is 51.3. The van der Waals surface area contributed by atoms with Crippen LogP contribution < -0.4 is 10.2 Å². The smallest absolute Gasteiger partial charge is 0.255 e. The summed E-state index contributed by atoms with van der Waals surface area (Å²) >= 11 is 0. The highest BCUT2D eigenvalue weighted by atomic mass is 19.3. The molecule has 0 spiro atoms. The molecule has 4 nitrogen and oxygen atoms in total. The largest absolute Gasteiger partial charge is 0.395 e. The topological polar surface area (TPSA) is 48.4 Å². The van der Waals surface area contributed by atoms with Crippen LogP contribution in [0, 0.1) is 11.6 Å². The molecule has 1 aromatic rings. The molecule has 1 rings (SSSR count). The minimum absolute atomic E-state index is 0.219. The molecule has 0 aliphatic carbocycles. The number of alkyl halides is 2. The lowest BCUT2D eigenvalue weighted by Crippen LogP contribution is -2.33. The maximum absolute atomic E-state index is 13.5. The van der Waals surface area contributed by atoms with Crippen LogP contribution in [-0.2, 0) is 0 Å². The van der Waals surface area contributed by atoms with Crippen LogP contribution in [0.2, 0.25) is 0 Å². The number of nitrogens with one attached hydrogen (secondary N) is 1. The molecular weight excluding hydrogens is 254 g/mol. The molecule has 1 aromatic heterocycles. The zero-order valence-electron chi connectivity index (χ0n) is 9.63. The second kappa shape index (κ2) is 6.39. The first-order valence-corrected chi connectivity index (χ1v) is 5.17. The van der Waals surface area contributed by atoms with E-state index in [-0.39, 0.29) is 12.4 Å². The second-order valence-electron chi connectivity index (χ2n) is 3.43. The van der Waals surface area contributed by atoms with Gasteiger partial charge in [0.25, 0.3) is 6.43 Å². The lowest BCUT2D eigenvalue weighted by atomic mass is 10.3. The van der Waals surface area contributed by atoms with Crippen molar-refractivity contribution in [2.45, 2.75) is 6.43 Å². The first kappa shape index (κ1) is 14.5. The number of aromatic nitrogens is 1. The summed E-state index contributed by atoms with van der Waals surface area (Å²) in [6.45, 7) is -1.46. The van der Waals surface area contributed by atoms with E-state index in [1.807, 2.05) is 0 Å². The first-order chi connectivity index (χ1) is 8.49. The van der Waals surface area contributed by atoms with E-state index >= 15 is 0 Å². The monoisotopic (exact) mass is 267 g/mol. The van der Waals surface area contributed by atoms with Crippen molar-refractivity contribution in [1.29, 1.82) is 0 Å². The number of halogens is 4. The summed E-state index contributed by atoms with van der Waals surface area (Å²) in [6.07, 6.45) is -2.72. The van der Waals surface area contributed by atoms with Gasteiger partial charge in [0, 0.05) is 19.7 Å². The molecule has 2 N–H and O–H groups in total. The van der Waals surface area contributed by atoms with E-state index in [0.717, 1.165) is 4.90 Å². The summed E-state index contributed by atoms with van der Waals surface area (Å²) in [4.78, 5) is 4.44. The number of pyridine rings is 1. The van der Waals surface area contributed by atoms with Crippen LogP contribution in [0.1, 0.15) is 0 Å². The quantitative estimate of drug-likeness (QED) is 0.766. The number of aliphatic hydroxyl groups excluding tert-OH is 1. The Bertz CT molecular complexity index is 403. The minimum Gasteiger partial charge on any atom is -0.395 e. The van der Waals surface area contributed by atoms with Crippen molar-refractivity contribution >= 4 is 11.6 Å². The van der Waals surface area contributed by atoms with Crippen molar-refractivity contribution in [1.82, 2.24) is 4.98 Å². The molecule has 8 heteroatoms. The summed E-state index contributed by atoms with van der Waals surface area (Å²) in [7, 11) is 1.37. The summed E-state index contributed by atoms with van der Waals surface area (Å²) in [5.41, 5.74) is 0. The molecule has 0 saturated carbocycles. The maximum Gasteiger partial charge on any atom is 0.255 e. The number of hydrogen-bond acceptors (Lipinski definition) is 4. The standard InChI is InChI=1S/C10H13F4N3O/c1-15-9-6(11)4-7(12)10(16-9)17(2-3-18)5-8(13)14/h4,8,18H,2-3,5H2,1H3,(H,15,16). The molecule has 18 heavy (non-hydrogen) atoms. The molecule has 0 atom stereocenters. The number of rotatable bonds is 6. The summed E-state index contributed by atoms with van der Waals surface area (Å²) in [5, 5.41) is 11.1. The third-order valence-corrected chi connectivity index (χ3v) is 2.18. The van der Waals surface area contributed by atoms with E-state index in [4.69, 9.17) is 5.11 Å². The van der Waals surface area contributed by atoms with Crippen LogP contribution in [0.15, 0.2) is 6.07 Å². The maximum atomic E-state index is 13.5. The Hall–Kier alpha value is -1.57. The van der Waals surface area contributed by atoms with Crippen LogP contribution in [-0.4, -0.2) is 43.3 Å². The molecule has 0 aliphatic rings. The van der Waals surface area contributed by atoms with Gasteiger partial charge in [-0.2, -0.15) is 0 Å². The Morgan fingerprint density at radius 1 is 1.39 bits per heavy atom. The van der Waals surface area contributed by atoms with E-state index in [2.05, 4.69) is 10.3 Å². The van der Waals surface area contributed by atoms with E-state index < -0.39 is 37.0 Å². The minimum atomic E-state index is -2.72. The van der Waals surface area contributed by atoms with Gasteiger partial charge in [-0.3, -0.25) is 0 Å². The van der Waals surface area contributed by atoms with Gasteiger partial charge in [-0.25, -0.2) is 22.5 Å². The molecule has 0 unspecified atom stereocenters. The van der Waals surface area contributed by atoms with Gasteiger partial charge in [-0.05, 0) is 0 Å². The number of aliphatic hydroxyl groups is 1. The van der Waals surface area contributed by atoms with Gasteiger partial charge < -0.3 is 15.3 Å². The van der Waals surface area contributed by atoms with Gasteiger partial charge in [0.1, 0.15) is 0 Å². The summed E-state index contributed by atoms with van der Waals surface area (Å²) in [6, 6.07) is 0.560. The molecule has 0 aromatic carbocycles. The number of anilines is 2. The fraction of sp³-hybridized carbons (Fsp3) is 0.500.